The molecule has 5 amide bonds. The van der Waals surface area contributed by atoms with E-state index in [1.165, 1.54) is 19.1 Å². The molecular weight excluding hydrogens is 965 g/mol. The van der Waals surface area contributed by atoms with E-state index in [2.05, 4.69) is 62.1 Å². The smallest absolute Gasteiger partial charge is 0.273 e. The second-order valence-corrected chi connectivity index (χ2v) is 20.1. The maximum atomic E-state index is 14.1. The lowest BCUT2D eigenvalue weighted by atomic mass is 9.85. The van der Waals surface area contributed by atoms with Crippen molar-refractivity contribution in [1.29, 1.82) is 0 Å². The number of carbonyl (C=O) groups excluding carboxylic acids is 5. The molecule has 0 spiro atoms. The van der Waals surface area contributed by atoms with E-state index < -0.39 is 35.4 Å². The number of nitrogens with zero attached hydrogens (tertiary/aromatic N) is 8. The number of nitrogens with one attached hydrogen (secondary N) is 6. The summed E-state index contributed by atoms with van der Waals surface area (Å²) in [6, 6.07) is 16.3. The number of β-amino-alcohol motifs (C(OH)–C–C–N with tert-alkyl or cyclic N) is 1. The van der Waals surface area contributed by atoms with Crippen LogP contribution in [0.5, 0.6) is 5.75 Å². The molecule has 4 atom stereocenters. The van der Waals surface area contributed by atoms with Gasteiger partial charge in [-0.2, -0.15) is 5.10 Å². The van der Waals surface area contributed by atoms with Crippen LogP contribution in [0.4, 0.5) is 23.0 Å². The van der Waals surface area contributed by atoms with Gasteiger partial charge < -0.3 is 46.6 Å². The van der Waals surface area contributed by atoms with E-state index in [-0.39, 0.29) is 61.8 Å². The zero-order valence-corrected chi connectivity index (χ0v) is 43.7. The highest BCUT2D eigenvalue weighted by atomic mass is 32.1. The van der Waals surface area contributed by atoms with Gasteiger partial charge in [-0.1, -0.05) is 63.6 Å². The number of carbonyl (C=O) groups is 5. The minimum Gasteiger partial charge on any atom is -0.494 e. The molecule has 1 fully saturated rings. The highest BCUT2D eigenvalue weighted by molar-refractivity contribution is 7.13. The van der Waals surface area contributed by atoms with Gasteiger partial charge in [0.05, 0.1) is 52.3 Å². The monoisotopic (exact) mass is 1030 g/mol. The SMILES string of the molecule is CNC(=O)c1nnc(Nc2ccc(CNC(=O)CCCCCC(=O)N[C@H](C(=O)N3C[C@H](O)C[C@H]3C(=O)N[C@@H](C)c3ccc(-c4scnc4C)cc3)C(C)(C)C)cn2)cc1Nc1cccc(-c2ncn(C)n2)c1OC. The quantitative estimate of drug-likeness (QED) is 0.0414. The number of amides is 5. The summed E-state index contributed by atoms with van der Waals surface area (Å²) in [5.74, 6) is -0.0371. The number of rotatable bonds is 21. The fraction of sp³-hybridized carbons (Fsp3) is 0.404. The predicted molar refractivity (Wildman–Crippen MR) is 281 cm³/mol. The number of ether oxygens (including phenoxy) is 1. The molecule has 5 heterocycles. The first kappa shape index (κ1) is 53.9. The fourth-order valence-electron chi connectivity index (χ4n) is 8.49. The van der Waals surface area contributed by atoms with Crippen molar-refractivity contribution in [2.75, 3.05) is 31.3 Å². The lowest BCUT2D eigenvalue weighted by Crippen LogP contribution is -2.57. The number of benzene rings is 2. The number of likely N-dealkylation sites (tertiary alicyclic amines) is 1. The van der Waals surface area contributed by atoms with Crippen molar-refractivity contribution in [2.45, 2.75) is 104 Å². The van der Waals surface area contributed by atoms with Gasteiger partial charge in [0.1, 0.15) is 24.2 Å². The van der Waals surface area contributed by atoms with Crippen LogP contribution >= 0.6 is 11.3 Å². The topological polar surface area (TPSA) is 272 Å². The third kappa shape index (κ3) is 13.6. The molecule has 390 valence electrons. The van der Waals surface area contributed by atoms with Crippen molar-refractivity contribution in [3.05, 3.63) is 101 Å². The van der Waals surface area contributed by atoms with Crippen molar-refractivity contribution in [3.8, 4) is 27.6 Å². The number of aromatic nitrogens is 7. The summed E-state index contributed by atoms with van der Waals surface area (Å²) < 4.78 is 7.33. The third-order valence-electron chi connectivity index (χ3n) is 12.5. The summed E-state index contributed by atoms with van der Waals surface area (Å²) in [7, 11) is 4.80. The standard InChI is InChI=1S/C52H64N14O7S/c1-30(33-18-20-34(21-19-33)46-31(2)57-29-74-46)58-49(70)39-23-35(67)27-66(39)51(72)47(52(3,4)5)61-43(69)16-11-9-10-15-42(68)55-26-32-17-22-40(54-25-32)60-41-24-38(44(63-62-41)50(71)53-6)59-37-14-12-13-36(45(37)73-8)48-56-28-65(7)64-48/h12-14,17-22,24-25,28-30,35,39,47,67H,9-11,15-16,23,26-27H2,1-8H3,(H,53,71)(H,55,68)(H,58,70)(H,61,69)(H2,54,59,60,62)/t30-,35+,39-,47+/m0/s1. The Morgan fingerprint density at radius 3 is 2.30 bits per heavy atom. The summed E-state index contributed by atoms with van der Waals surface area (Å²) in [5.41, 5.74) is 6.35. The fourth-order valence-corrected chi connectivity index (χ4v) is 9.30. The van der Waals surface area contributed by atoms with Crippen LogP contribution in [0, 0.1) is 12.3 Å². The summed E-state index contributed by atoms with van der Waals surface area (Å²) in [4.78, 5) is 82.3. The second kappa shape index (κ2) is 24.2. The lowest BCUT2D eigenvalue weighted by molar-refractivity contribution is -0.144. The van der Waals surface area contributed by atoms with E-state index in [9.17, 15) is 29.1 Å². The van der Waals surface area contributed by atoms with Gasteiger partial charge >= 0.3 is 0 Å². The van der Waals surface area contributed by atoms with Crippen LogP contribution in [-0.2, 0) is 32.8 Å². The largest absolute Gasteiger partial charge is 0.494 e. The Bertz CT molecular complexity index is 2940. The normalized spacial score (nSPS) is 15.2. The number of para-hydroxylation sites is 1. The molecule has 22 heteroatoms. The van der Waals surface area contributed by atoms with Crippen LogP contribution < -0.4 is 36.6 Å². The average molecular weight is 1030 g/mol. The first-order chi connectivity index (χ1) is 35.4. The zero-order valence-electron chi connectivity index (χ0n) is 42.9. The molecule has 2 aromatic carbocycles. The highest BCUT2D eigenvalue weighted by Crippen LogP contribution is 2.37. The molecule has 0 aliphatic carbocycles. The molecular formula is C52H64N14O7S. The zero-order chi connectivity index (χ0) is 53.1. The maximum Gasteiger partial charge on any atom is 0.273 e. The number of pyridine rings is 1. The molecule has 1 aliphatic heterocycles. The van der Waals surface area contributed by atoms with E-state index in [1.807, 2.05) is 82.6 Å². The van der Waals surface area contributed by atoms with E-state index in [4.69, 9.17) is 4.74 Å². The Labute approximate surface area is 433 Å². The van der Waals surface area contributed by atoms with Gasteiger partial charge in [-0.3, -0.25) is 28.7 Å². The van der Waals surface area contributed by atoms with Gasteiger partial charge in [0.2, 0.25) is 23.6 Å². The van der Waals surface area contributed by atoms with Gasteiger partial charge in [-0.25, -0.2) is 15.0 Å². The van der Waals surface area contributed by atoms with Gasteiger partial charge in [0.25, 0.3) is 5.91 Å². The number of thiazole rings is 1. The first-order valence-corrected chi connectivity index (χ1v) is 25.3. The number of unbranched alkanes of at least 4 members (excludes halogenated alkanes) is 2. The molecule has 7 N–H and O–H groups in total. The van der Waals surface area contributed by atoms with Gasteiger partial charge in [0, 0.05) is 58.7 Å². The van der Waals surface area contributed by atoms with Crippen molar-refractivity contribution in [3.63, 3.8) is 0 Å². The highest BCUT2D eigenvalue weighted by Gasteiger charge is 2.44. The Hall–Kier alpha value is -7.85. The molecule has 1 aliphatic rings. The molecule has 1 saturated heterocycles. The molecule has 6 aromatic rings. The Balaban J connectivity index is 0.847. The lowest BCUT2D eigenvalue weighted by Gasteiger charge is -2.35. The third-order valence-corrected chi connectivity index (χ3v) is 13.5. The van der Waals surface area contributed by atoms with Crippen molar-refractivity contribution >= 4 is 63.9 Å². The number of methoxy groups -OCH3 is 1. The molecule has 21 nitrogen and oxygen atoms in total. The van der Waals surface area contributed by atoms with Crippen LogP contribution in [0.15, 0.2) is 78.7 Å². The van der Waals surface area contributed by atoms with E-state index >= 15 is 0 Å². The number of hydrogen-bond donors (Lipinski definition) is 7. The Morgan fingerprint density at radius 1 is 0.892 bits per heavy atom. The summed E-state index contributed by atoms with van der Waals surface area (Å²) in [6.07, 6.45) is 4.47. The molecule has 0 saturated carbocycles. The van der Waals surface area contributed by atoms with E-state index in [0.717, 1.165) is 27.3 Å². The van der Waals surface area contributed by atoms with Gasteiger partial charge in [-0.05, 0) is 67.0 Å². The molecule has 4 aromatic heterocycles. The first-order valence-electron chi connectivity index (χ1n) is 24.4. The molecule has 0 radical (unpaired) electrons. The molecule has 74 heavy (non-hydrogen) atoms. The van der Waals surface area contributed by atoms with Crippen LogP contribution in [0.2, 0.25) is 0 Å². The average Bonchev–Trinajstić information content (AvgIpc) is 4.13. The Morgan fingerprint density at radius 2 is 1.65 bits per heavy atom. The van der Waals surface area contributed by atoms with Crippen LogP contribution in [-0.4, -0.2) is 113 Å². The van der Waals surface area contributed by atoms with Gasteiger partial charge in [-0.15, -0.1) is 21.5 Å². The minimum absolute atomic E-state index is 0.0229. The van der Waals surface area contributed by atoms with Crippen molar-refractivity contribution in [2.24, 2.45) is 12.5 Å². The van der Waals surface area contributed by atoms with E-state index in [1.54, 1.807) is 53.8 Å². The van der Waals surface area contributed by atoms with Crippen LogP contribution in [0.1, 0.15) is 99.6 Å². The molecule has 0 unspecified atom stereocenters. The number of aliphatic hydroxyl groups excluding tert-OH is 1. The molecule has 0 bridgehead atoms. The number of aryl methyl sites for hydroxylation is 2. The van der Waals surface area contributed by atoms with Crippen molar-refractivity contribution in [1.82, 2.24) is 61.1 Å². The van der Waals surface area contributed by atoms with Crippen LogP contribution in [0.25, 0.3) is 21.8 Å². The van der Waals surface area contributed by atoms with Crippen LogP contribution in [0.3, 0.4) is 0 Å². The minimum atomic E-state index is -0.942. The Kier molecular flexibility index (Phi) is 17.7. The summed E-state index contributed by atoms with van der Waals surface area (Å²) >= 11 is 1.57. The maximum absolute atomic E-state index is 14.1. The van der Waals surface area contributed by atoms with E-state index in [0.29, 0.717) is 59.4 Å². The molecule has 7 rings (SSSR count). The number of aliphatic hydroxyl groups is 1. The van der Waals surface area contributed by atoms with Crippen molar-refractivity contribution < 1.29 is 33.8 Å². The van der Waals surface area contributed by atoms with Gasteiger partial charge in [0.15, 0.2) is 23.1 Å². The second-order valence-electron chi connectivity index (χ2n) is 19.2. The summed E-state index contributed by atoms with van der Waals surface area (Å²) in [5, 5.41) is 41.2. The number of hydrogen-bond acceptors (Lipinski definition) is 16. The predicted octanol–water partition coefficient (Wildman–Crippen LogP) is 5.89. The number of anilines is 4. The summed E-state index contributed by atoms with van der Waals surface area (Å²) in [6.45, 7) is 9.60.